The molecule has 2 aromatic carbocycles. The van der Waals surface area contributed by atoms with Crippen LogP contribution in [-0.2, 0) is 14.8 Å². The highest BCUT2D eigenvalue weighted by molar-refractivity contribution is 7.92. The number of amides is 2. The first-order chi connectivity index (χ1) is 21.7. The Kier molecular flexibility index (Phi) is 8.33. The van der Waals surface area contributed by atoms with Gasteiger partial charge in [-0.15, -0.1) is 0 Å². The second-order valence-electron chi connectivity index (χ2n) is 14.5. The van der Waals surface area contributed by atoms with Crippen LogP contribution in [0.1, 0.15) is 80.8 Å². The van der Waals surface area contributed by atoms with Crippen LogP contribution in [0.2, 0.25) is 0 Å². The van der Waals surface area contributed by atoms with E-state index in [9.17, 15) is 18.0 Å². The predicted octanol–water partition coefficient (Wildman–Crippen LogP) is 5.65. The summed E-state index contributed by atoms with van der Waals surface area (Å²) >= 11 is 0. The predicted molar refractivity (Wildman–Crippen MR) is 176 cm³/mol. The summed E-state index contributed by atoms with van der Waals surface area (Å²) in [7, 11) is -4.18. The van der Waals surface area contributed by atoms with E-state index in [4.69, 9.17) is 4.74 Å². The Morgan fingerprint density at radius 1 is 1.07 bits per heavy atom. The van der Waals surface area contributed by atoms with Crippen LogP contribution in [0.25, 0.3) is 11.3 Å². The summed E-state index contributed by atoms with van der Waals surface area (Å²) in [6.07, 6.45) is 6.18. The largest absolute Gasteiger partial charge is 0.475 e. The van der Waals surface area contributed by atoms with Crippen LogP contribution in [-0.4, -0.2) is 60.3 Å². The molecule has 0 radical (unpaired) electrons. The summed E-state index contributed by atoms with van der Waals surface area (Å²) < 4.78 is 36.0. The molecule has 46 heavy (non-hydrogen) atoms. The molecule has 6 rings (SSSR count). The fraction of sp³-hybridized carbons (Fsp3) is 0.486. The average molecular weight is 646 g/mol. The molecule has 4 bridgehead atoms. The zero-order valence-electron chi connectivity index (χ0n) is 27.2. The number of rotatable bonds is 5. The quantitative estimate of drug-likeness (QED) is 0.367. The molecule has 0 saturated heterocycles. The van der Waals surface area contributed by atoms with Crippen molar-refractivity contribution in [2.75, 3.05) is 17.9 Å². The van der Waals surface area contributed by atoms with Crippen molar-refractivity contribution in [2.45, 2.75) is 90.1 Å². The first kappa shape index (κ1) is 32.0. The number of aryl methyl sites for hydroxylation is 2. The number of aromatic nitrogens is 2. The maximum absolute atomic E-state index is 14.2. The summed E-state index contributed by atoms with van der Waals surface area (Å²) in [5, 5.41) is 3.15. The highest BCUT2D eigenvalue weighted by atomic mass is 32.2. The standard InChI is InChI=1S/C35H43N5O5S/c1-22-9-6-10-23(2)31(22)28-16-30-38-33(37-28)39-46(43,44)27-12-7-11-24(15-27)32(42)40(26(21-45-30)19-34(3,4)5)20-29(41)36-25-17-35(18-25)13-8-14-35/h6-7,9-12,15-16,25-26H,8,13-14,17-21H2,1-5H3,(H,36,41)(H,37,38,39)/t26-/m1/s1. The van der Waals surface area contributed by atoms with Crippen molar-refractivity contribution in [3.63, 3.8) is 0 Å². The lowest BCUT2D eigenvalue weighted by molar-refractivity contribution is -0.125. The Morgan fingerprint density at radius 3 is 2.41 bits per heavy atom. The molecule has 0 unspecified atom stereocenters. The Bertz CT molecular complexity index is 1750. The third kappa shape index (κ3) is 6.74. The van der Waals surface area contributed by atoms with Crippen molar-refractivity contribution < 1.29 is 22.7 Å². The molecule has 1 atom stereocenters. The number of nitrogens with zero attached hydrogens (tertiary/aromatic N) is 3. The highest BCUT2D eigenvalue weighted by Crippen LogP contribution is 2.55. The molecule has 1 spiro atoms. The molecule has 11 heteroatoms. The van der Waals surface area contributed by atoms with Crippen LogP contribution in [0, 0.1) is 24.7 Å². The topological polar surface area (TPSA) is 131 Å². The molecular formula is C35H43N5O5S. The van der Waals surface area contributed by atoms with Gasteiger partial charge in [-0.05, 0) is 86.1 Å². The van der Waals surface area contributed by atoms with E-state index in [0.29, 0.717) is 17.5 Å². The van der Waals surface area contributed by atoms with Crippen LogP contribution < -0.4 is 14.8 Å². The van der Waals surface area contributed by atoms with Crippen molar-refractivity contribution in [1.29, 1.82) is 0 Å². The maximum Gasteiger partial charge on any atom is 0.264 e. The molecule has 2 N–H and O–H groups in total. The van der Waals surface area contributed by atoms with Gasteiger partial charge in [-0.2, -0.15) is 4.98 Å². The summed E-state index contributed by atoms with van der Waals surface area (Å²) in [6, 6.07) is 13.0. The number of carbonyl (C=O) groups excluding carboxylic acids is 2. The minimum atomic E-state index is -4.18. The van der Waals surface area contributed by atoms with E-state index in [1.165, 1.54) is 42.4 Å². The smallest absolute Gasteiger partial charge is 0.264 e. The minimum absolute atomic E-state index is 0.0396. The molecule has 1 aromatic heterocycles. The van der Waals surface area contributed by atoms with Crippen LogP contribution >= 0.6 is 0 Å². The van der Waals surface area contributed by atoms with Gasteiger partial charge in [0.25, 0.3) is 15.9 Å². The van der Waals surface area contributed by atoms with Gasteiger partial charge in [-0.1, -0.05) is 51.5 Å². The zero-order valence-corrected chi connectivity index (χ0v) is 28.0. The Morgan fingerprint density at radius 2 is 1.76 bits per heavy atom. The maximum atomic E-state index is 14.2. The molecule has 2 heterocycles. The fourth-order valence-corrected chi connectivity index (χ4v) is 8.14. The molecule has 2 aliphatic carbocycles. The van der Waals surface area contributed by atoms with E-state index in [0.717, 1.165) is 29.5 Å². The third-order valence-electron chi connectivity index (χ3n) is 9.48. The summed E-state index contributed by atoms with van der Waals surface area (Å²) in [6.45, 7) is 10.0. The molecule has 2 fully saturated rings. The molecule has 2 saturated carbocycles. The number of nitrogens with one attached hydrogen (secondary N) is 2. The van der Waals surface area contributed by atoms with E-state index in [-0.39, 0.29) is 52.8 Å². The number of carbonyl (C=O) groups is 2. The number of anilines is 1. The van der Waals surface area contributed by atoms with Crippen LogP contribution in [0.4, 0.5) is 5.95 Å². The van der Waals surface area contributed by atoms with E-state index in [1.54, 1.807) is 12.1 Å². The molecule has 3 aromatic rings. The number of hydrogen-bond acceptors (Lipinski definition) is 7. The lowest BCUT2D eigenvalue weighted by atomic mass is 9.54. The number of sulfonamides is 1. The lowest BCUT2D eigenvalue weighted by Crippen LogP contribution is -2.56. The van der Waals surface area contributed by atoms with Crippen molar-refractivity contribution in [1.82, 2.24) is 20.2 Å². The monoisotopic (exact) mass is 645 g/mol. The van der Waals surface area contributed by atoms with Gasteiger partial charge < -0.3 is 15.0 Å². The van der Waals surface area contributed by atoms with Crippen LogP contribution in [0.15, 0.2) is 53.4 Å². The van der Waals surface area contributed by atoms with Crippen molar-refractivity contribution in [3.8, 4) is 17.1 Å². The number of benzene rings is 2. The molecule has 10 nitrogen and oxygen atoms in total. The second kappa shape index (κ2) is 12.0. The fourth-order valence-electron chi connectivity index (χ4n) is 7.15. The summed E-state index contributed by atoms with van der Waals surface area (Å²) in [5.74, 6) is -0.656. The van der Waals surface area contributed by atoms with Crippen LogP contribution in [0.3, 0.4) is 0 Å². The Balaban J connectivity index is 1.40. The van der Waals surface area contributed by atoms with Crippen LogP contribution in [0.5, 0.6) is 5.88 Å². The van der Waals surface area contributed by atoms with E-state index in [1.807, 2.05) is 32.0 Å². The number of hydrogen-bond donors (Lipinski definition) is 2. The van der Waals surface area contributed by atoms with E-state index in [2.05, 4.69) is 40.8 Å². The molecular weight excluding hydrogens is 602 g/mol. The van der Waals surface area contributed by atoms with Gasteiger partial charge in [0.05, 0.1) is 16.6 Å². The molecule has 1 aliphatic heterocycles. The van der Waals surface area contributed by atoms with Crippen molar-refractivity contribution in [2.24, 2.45) is 10.8 Å². The third-order valence-corrected chi connectivity index (χ3v) is 10.8. The number of ether oxygens (including phenoxy) is 1. The molecule has 2 amide bonds. The first-order valence-electron chi connectivity index (χ1n) is 16.0. The Labute approximate surface area is 271 Å². The van der Waals surface area contributed by atoms with E-state index >= 15 is 0 Å². The van der Waals surface area contributed by atoms with Crippen molar-refractivity contribution >= 4 is 27.8 Å². The van der Waals surface area contributed by atoms with Gasteiger partial charge in [-0.3, -0.25) is 9.59 Å². The highest BCUT2D eigenvalue weighted by Gasteiger charge is 2.48. The second-order valence-corrected chi connectivity index (χ2v) is 16.2. The lowest BCUT2D eigenvalue weighted by Gasteiger charge is -2.54. The average Bonchev–Trinajstić information content (AvgIpc) is 2.93. The zero-order chi connectivity index (χ0) is 32.9. The van der Waals surface area contributed by atoms with Gasteiger partial charge in [0, 0.05) is 23.2 Å². The summed E-state index contributed by atoms with van der Waals surface area (Å²) in [5.41, 5.74) is 3.62. The normalized spacial score (nSPS) is 20.6. The minimum Gasteiger partial charge on any atom is -0.475 e. The van der Waals surface area contributed by atoms with Gasteiger partial charge >= 0.3 is 0 Å². The number of fused-ring (bicyclic) bond motifs is 4. The van der Waals surface area contributed by atoms with E-state index < -0.39 is 22.0 Å². The van der Waals surface area contributed by atoms with Gasteiger partial charge in [0.2, 0.25) is 17.7 Å². The molecule has 244 valence electrons. The SMILES string of the molecule is Cc1cccc(C)c1-c1cc2nc(n1)NS(=O)(=O)c1cccc(c1)C(=O)N(CC(=O)NC1CC3(CCC3)C1)[C@H](CC(C)(C)C)CO2. The van der Waals surface area contributed by atoms with Gasteiger partial charge in [-0.25, -0.2) is 18.1 Å². The molecule has 3 aliphatic rings. The summed E-state index contributed by atoms with van der Waals surface area (Å²) in [4.78, 5) is 38.1. The van der Waals surface area contributed by atoms with Gasteiger partial charge in [0.15, 0.2) is 0 Å². The van der Waals surface area contributed by atoms with Crippen molar-refractivity contribution in [3.05, 3.63) is 65.2 Å². The first-order valence-corrected chi connectivity index (χ1v) is 17.5. The van der Waals surface area contributed by atoms with Gasteiger partial charge in [0.1, 0.15) is 13.2 Å². The Hall–Kier alpha value is -3.99.